The molecule has 15 heavy (non-hydrogen) atoms. The minimum Gasteiger partial charge on any atom is -0.435 e. The fraction of sp³-hybridized carbons (Fsp3) is 0.250. The molecule has 1 aromatic heterocycles. The summed E-state index contributed by atoms with van der Waals surface area (Å²) in [7, 11) is 0. The van der Waals surface area contributed by atoms with Crippen LogP contribution < -0.4 is 5.32 Å². The standard InChI is InChI=1S/C8H3Cl2NO3S/c9-6-1-2(7(10)15-6)4(12)5-3(1)11-8(13)14-5/h3,5H,(H,11,13). The van der Waals surface area contributed by atoms with Gasteiger partial charge in [-0.1, -0.05) is 23.2 Å². The molecule has 3 rings (SSSR count). The number of hydrogen-bond donors (Lipinski definition) is 1. The van der Waals surface area contributed by atoms with Crippen molar-refractivity contribution in [2.75, 3.05) is 0 Å². The summed E-state index contributed by atoms with van der Waals surface area (Å²) in [6.07, 6.45) is -1.40. The Kier molecular flexibility index (Phi) is 1.81. The number of ketones is 1. The van der Waals surface area contributed by atoms with E-state index in [1.165, 1.54) is 0 Å². The molecule has 2 aliphatic rings. The third kappa shape index (κ3) is 1.08. The SMILES string of the molecule is O=C1NC2c3c(Cl)sc(Cl)c3C(=O)C2O1. The first-order valence-electron chi connectivity index (χ1n) is 4.08. The third-order valence-electron chi connectivity index (χ3n) is 2.48. The maximum atomic E-state index is 11.8. The van der Waals surface area contributed by atoms with Crippen LogP contribution in [-0.4, -0.2) is 18.0 Å². The molecular formula is C8H3Cl2NO3S. The van der Waals surface area contributed by atoms with Crippen LogP contribution in [0.3, 0.4) is 0 Å². The Morgan fingerprint density at radius 1 is 1.27 bits per heavy atom. The lowest BCUT2D eigenvalue weighted by Gasteiger charge is -2.04. The number of amides is 1. The van der Waals surface area contributed by atoms with Gasteiger partial charge in [0.05, 0.1) is 5.56 Å². The highest BCUT2D eigenvalue weighted by molar-refractivity contribution is 7.20. The predicted octanol–water partition coefficient (Wildman–Crippen LogP) is 2.40. The second kappa shape index (κ2) is 2.87. The summed E-state index contributed by atoms with van der Waals surface area (Å²) in [5.41, 5.74) is 0.981. The van der Waals surface area contributed by atoms with Gasteiger partial charge in [-0.2, -0.15) is 0 Å². The number of nitrogens with one attached hydrogen (secondary N) is 1. The topological polar surface area (TPSA) is 55.4 Å². The molecule has 0 spiro atoms. The van der Waals surface area contributed by atoms with E-state index in [0.29, 0.717) is 19.8 Å². The monoisotopic (exact) mass is 263 g/mol. The Balaban J connectivity index is 2.21. The van der Waals surface area contributed by atoms with Gasteiger partial charge in [0, 0.05) is 5.56 Å². The van der Waals surface area contributed by atoms with Crippen LogP contribution in [0, 0.1) is 0 Å². The molecule has 1 aliphatic carbocycles. The van der Waals surface area contributed by atoms with Crippen molar-refractivity contribution in [2.45, 2.75) is 12.1 Å². The zero-order valence-electron chi connectivity index (χ0n) is 7.04. The molecule has 1 amide bonds. The van der Waals surface area contributed by atoms with Crippen LogP contribution in [0.25, 0.3) is 0 Å². The van der Waals surface area contributed by atoms with Crippen LogP contribution in [0.15, 0.2) is 0 Å². The van der Waals surface area contributed by atoms with E-state index in [1.54, 1.807) is 0 Å². The summed E-state index contributed by atoms with van der Waals surface area (Å²) >= 11 is 13.0. The molecule has 1 aliphatic heterocycles. The highest BCUT2D eigenvalue weighted by Gasteiger charge is 2.51. The zero-order valence-corrected chi connectivity index (χ0v) is 9.37. The van der Waals surface area contributed by atoms with Gasteiger partial charge in [0.15, 0.2) is 6.10 Å². The number of thiophene rings is 1. The van der Waals surface area contributed by atoms with Crippen molar-refractivity contribution in [3.8, 4) is 0 Å². The van der Waals surface area contributed by atoms with Gasteiger partial charge in [-0.05, 0) is 0 Å². The summed E-state index contributed by atoms with van der Waals surface area (Å²) in [5, 5.41) is 2.54. The van der Waals surface area contributed by atoms with Crippen molar-refractivity contribution in [2.24, 2.45) is 0 Å². The van der Waals surface area contributed by atoms with Gasteiger partial charge in [-0.25, -0.2) is 4.79 Å². The average Bonchev–Trinajstić information content (AvgIpc) is 2.71. The van der Waals surface area contributed by atoms with Gasteiger partial charge in [0.25, 0.3) is 0 Å². The number of rotatable bonds is 0. The van der Waals surface area contributed by atoms with Gasteiger partial charge >= 0.3 is 6.09 Å². The van der Waals surface area contributed by atoms with Crippen molar-refractivity contribution >= 4 is 46.4 Å². The number of Topliss-reactive ketones (excluding diaryl/α,β-unsaturated/α-hetero) is 1. The summed E-state index contributed by atoms with van der Waals surface area (Å²) in [5.74, 6) is -0.276. The molecule has 0 radical (unpaired) electrons. The minimum atomic E-state index is -0.800. The minimum absolute atomic E-state index is 0.276. The molecule has 4 nitrogen and oxygen atoms in total. The van der Waals surface area contributed by atoms with E-state index in [-0.39, 0.29) is 5.78 Å². The van der Waals surface area contributed by atoms with Gasteiger partial charge in [0.2, 0.25) is 5.78 Å². The van der Waals surface area contributed by atoms with Gasteiger partial charge in [-0.3, -0.25) is 4.79 Å². The maximum Gasteiger partial charge on any atom is 0.408 e. The number of hydrogen-bond acceptors (Lipinski definition) is 4. The number of alkyl carbamates (subject to hydrolysis) is 1. The van der Waals surface area contributed by atoms with Gasteiger partial charge in [0.1, 0.15) is 14.7 Å². The van der Waals surface area contributed by atoms with E-state index in [1.807, 2.05) is 0 Å². The first kappa shape index (κ1) is 9.45. The highest BCUT2D eigenvalue weighted by atomic mass is 35.5. The fourth-order valence-corrected chi connectivity index (χ4v) is 3.68. The molecule has 0 saturated carbocycles. The van der Waals surface area contributed by atoms with Crippen LogP contribution in [0.2, 0.25) is 8.67 Å². The van der Waals surface area contributed by atoms with E-state index in [0.717, 1.165) is 11.3 Å². The number of fused-ring (bicyclic) bond motifs is 3. The molecule has 2 atom stereocenters. The van der Waals surface area contributed by atoms with Crippen LogP contribution in [-0.2, 0) is 4.74 Å². The molecule has 7 heteroatoms. The van der Waals surface area contributed by atoms with Crippen LogP contribution >= 0.6 is 34.5 Å². The van der Waals surface area contributed by atoms with Crippen molar-refractivity contribution in [3.05, 3.63) is 19.8 Å². The average molecular weight is 264 g/mol. The first-order valence-corrected chi connectivity index (χ1v) is 5.66. The molecule has 2 unspecified atom stereocenters. The number of carbonyl (C=O) groups excluding carboxylic acids is 2. The lowest BCUT2D eigenvalue weighted by atomic mass is 10.2. The maximum absolute atomic E-state index is 11.8. The Hall–Kier alpha value is -0.780. The van der Waals surface area contributed by atoms with Crippen LogP contribution in [0.1, 0.15) is 22.0 Å². The Bertz CT molecular complexity index is 498. The van der Waals surface area contributed by atoms with Crippen LogP contribution in [0.5, 0.6) is 0 Å². The molecule has 2 heterocycles. The molecular weight excluding hydrogens is 261 g/mol. The molecule has 1 aromatic rings. The quantitative estimate of drug-likeness (QED) is 0.782. The second-order valence-electron chi connectivity index (χ2n) is 3.25. The summed E-state index contributed by atoms with van der Waals surface area (Å²) in [4.78, 5) is 22.8. The van der Waals surface area contributed by atoms with E-state index in [4.69, 9.17) is 27.9 Å². The molecule has 1 fully saturated rings. The zero-order chi connectivity index (χ0) is 10.7. The van der Waals surface area contributed by atoms with E-state index < -0.39 is 18.2 Å². The van der Waals surface area contributed by atoms with E-state index in [2.05, 4.69) is 5.32 Å². The lowest BCUT2D eigenvalue weighted by Crippen LogP contribution is -2.20. The molecule has 0 bridgehead atoms. The third-order valence-corrected chi connectivity index (χ3v) is 4.12. The van der Waals surface area contributed by atoms with Gasteiger partial charge in [-0.15, -0.1) is 11.3 Å². The highest BCUT2D eigenvalue weighted by Crippen LogP contribution is 2.48. The van der Waals surface area contributed by atoms with Gasteiger partial charge < -0.3 is 10.1 Å². The van der Waals surface area contributed by atoms with E-state index >= 15 is 0 Å². The number of carbonyl (C=O) groups is 2. The Labute approximate surface area is 98.1 Å². The number of ether oxygens (including phenoxy) is 1. The van der Waals surface area contributed by atoms with Crippen molar-refractivity contribution in [1.82, 2.24) is 5.32 Å². The lowest BCUT2D eigenvalue weighted by molar-refractivity contribution is 0.0753. The molecule has 1 N–H and O–H groups in total. The summed E-state index contributed by atoms with van der Waals surface area (Å²) < 4.78 is 5.62. The largest absolute Gasteiger partial charge is 0.435 e. The predicted molar refractivity (Wildman–Crippen MR) is 54.8 cm³/mol. The first-order chi connectivity index (χ1) is 7.09. The normalized spacial score (nSPS) is 27.3. The van der Waals surface area contributed by atoms with Crippen molar-refractivity contribution < 1.29 is 14.3 Å². The Morgan fingerprint density at radius 2 is 2.00 bits per heavy atom. The van der Waals surface area contributed by atoms with E-state index in [9.17, 15) is 9.59 Å². The second-order valence-corrected chi connectivity index (χ2v) is 5.48. The van der Waals surface area contributed by atoms with Crippen molar-refractivity contribution in [3.63, 3.8) is 0 Å². The molecule has 1 saturated heterocycles. The summed E-state index contributed by atoms with van der Waals surface area (Å²) in [6, 6.07) is -0.476. The fourth-order valence-electron chi connectivity index (χ4n) is 1.89. The van der Waals surface area contributed by atoms with Crippen molar-refractivity contribution in [1.29, 1.82) is 0 Å². The summed E-state index contributed by atoms with van der Waals surface area (Å²) in [6.45, 7) is 0. The molecule has 0 aromatic carbocycles. The Morgan fingerprint density at radius 3 is 2.73 bits per heavy atom. The smallest absolute Gasteiger partial charge is 0.408 e. The number of halogens is 2. The molecule has 78 valence electrons. The van der Waals surface area contributed by atoms with Crippen LogP contribution in [0.4, 0.5) is 4.79 Å².